The number of hydrogen-bond donors (Lipinski definition) is 3. The van der Waals surface area contributed by atoms with Crippen LogP contribution in [-0.4, -0.2) is 48.5 Å². The number of carbonyl (C=O) groups is 1. The normalized spacial score (nSPS) is 16.4. The molecule has 0 radical (unpaired) electrons. The zero-order valence-electron chi connectivity index (χ0n) is 13.6. The predicted molar refractivity (Wildman–Crippen MR) is 92.2 cm³/mol. The lowest BCUT2D eigenvalue weighted by atomic mass is 10.1. The number of piperidine rings is 1. The maximum atomic E-state index is 11.9. The topological polar surface area (TPSA) is 96.6 Å². The molecule has 0 saturated carbocycles. The van der Waals surface area contributed by atoms with E-state index in [0.29, 0.717) is 0 Å². The molecule has 0 aromatic heterocycles. The molecule has 1 atom stereocenters. The van der Waals surface area contributed by atoms with Gasteiger partial charge < -0.3 is 20.4 Å². The lowest BCUT2D eigenvalue weighted by Crippen LogP contribution is -2.34. The first-order valence-corrected chi connectivity index (χ1v) is 8.18. The van der Waals surface area contributed by atoms with Gasteiger partial charge in [0.05, 0.1) is 12.7 Å². The smallest absolute Gasteiger partial charge is 0.262 e. The highest BCUT2D eigenvalue weighted by Crippen LogP contribution is 2.21. The number of carbonyl (C=O) groups excluding carboxylic acids is 1. The van der Waals surface area contributed by atoms with Crippen molar-refractivity contribution in [2.45, 2.75) is 25.4 Å². The molecule has 0 bridgehead atoms. The highest BCUT2D eigenvalue weighted by Gasteiger charge is 2.12. The summed E-state index contributed by atoms with van der Waals surface area (Å²) in [5.74, 6) is -0.565. The minimum atomic E-state index is -1.03. The van der Waals surface area contributed by atoms with E-state index in [1.54, 1.807) is 0 Å². The third kappa shape index (κ3) is 5.08. The van der Waals surface area contributed by atoms with Gasteiger partial charge in [0.1, 0.15) is 11.6 Å². The second-order valence-electron chi connectivity index (χ2n) is 5.86. The summed E-state index contributed by atoms with van der Waals surface area (Å²) < 4.78 is 0. The molecule has 128 valence electrons. The molecule has 6 nitrogen and oxygen atoms in total. The van der Waals surface area contributed by atoms with Crippen molar-refractivity contribution < 1.29 is 15.0 Å². The molecule has 1 unspecified atom stereocenters. The summed E-state index contributed by atoms with van der Waals surface area (Å²) in [6.45, 7) is 1.59. The quantitative estimate of drug-likeness (QED) is 0.535. The van der Waals surface area contributed by atoms with Crippen LogP contribution < -0.4 is 10.2 Å². The molecule has 1 amide bonds. The van der Waals surface area contributed by atoms with Crippen LogP contribution in [0.1, 0.15) is 24.8 Å². The number of anilines is 1. The highest BCUT2D eigenvalue weighted by atomic mass is 16.3. The van der Waals surface area contributed by atoms with Gasteiger partial charge in [0.15, 0.2) is 0 Å². The van der Waals surface area contributed by atoms with Gasteiger partial charge >= 0.3 is 0 Å². The van der Waals surface area contributed by atoms with Gasteiger partial charge in [-0.3, -0.25) is 4.79 Å². The van der Waals surface area contributed by atoms with Crippen molar-refractivity contribution >= 4 is 17.7 Å². The van der Waals surface area contributed by atoms with Crippen molar-refractivity contribution in [3.05, 3.63) is 35.4 Å². The summed E-state index contributed by atoms with van der Waals surface area (Å²) in [5, 5.41) is 29.5. The molecule has 1 aromatic rings. The molecule has 1 heterocycles. The monoisotopic (exact) mass is 329 g/mol. The maximum absolute atomic E-state index is 11.9. The van der Waals surface area contributed by atoms with Crippen molar-refractivity contribution in [3.8, 4) is 6.07 Å². The third-order valence-corrected chi connectivity index (χ3v) is 4.00. The Balaban J connectivity index is 2.02. The van der Waals surface area contributed by atoms with Gasteiger partial charge in [-0.2, -0.15) is 5.26 Å². The molecule has 1 aromatic carbocycles. The average Bonchev–Trinajstić information content (AvgIpc) is 2.65. The predicted octanol–water partition coefficient (Wildman–Crippen LogP) is 1.05. The fraction of sp³-hybridized carbons (Fsp3) is 0.444. The van der Waals surface area contributed by atoms with Gasteiger partial charge in [-0.05, 0) is 43.0 Å². The van der Waals surface area contributed by atoms with Gasteiger partial charge in [-0.25, -0.2) is 0 Å². The number of hydrogen-bond acceptors (Lipinski definition) is 5. The Kier molecular flexibility index (Phi) is 6.79. The van der Waals surface area contributed by atoms with Gasteiger partial charge in [0, 0.05) is 25.3 Å². The van der Waals surface area contributed by atoms with Crippen molar-refractivity contribution in [3.63, 3.8) is 0 Å². The molecule has 3 N–H and O–H groups in total. The Morgan fingerprint density at radius 2 is 1.96 bits per heavy atom. The number of nitriles is 1. The lowest BCUT2D eigenvalue weighted by Gasteiger charge is -2.28. The van der Waals surface area contributed by atoms with Crippen LogP contribution in [0.15, 0.2) is 29.8 Å². The highest BCUT2D eigenvalue weighted by molar-refractivity contribution is 6.01. The van der Waals surface area contributed by atoms with Crippen LogP contribution in [0, 0.1) is 11.3 Å². The van der Waals surface area contributed by atoms with Crippen LogP contribution in [0.4, 0.5) is 5.69 Å². The SMILES string of the molecule is N#CC(=Cc1ccc(N2CCCCC2)cc1)C(=O)NCC(O)CO. The third-order valence-electron chi connectivity index (χ3n) is 4.00. The Hall–Kier alpha value is -2.36. The number of amides is 1. The Bertz CT molecular complexity index is 613. The lowest BCUT2D eigenvalue weighted by molar-refractivity contribution is -0.117. The van der Waals surface area contributed by atoms with Crippen LogP contribution in [0.25, 0.3) is 6.08 Å². The maximum Gasteiger partial charge on any atom is 0.262 e. The van der Waals surface area contributed by atoms with Gasteiger partial charge in [0.2, 0.25) is 0 Å². The van der Waals surface area contributed by atoms with Crippen molar-refractivity contribution in [2.24, 2.45) is 0 Å². The van der Waals surface area contributed by atoms with E-state index in [4.69, 9.17) is 10.4 Å². The molecule has 2 rings (SSSR count). The molecule has 6 heteroatoms. The van der Waals surface area contributed by atoms with Crippen LogP contribution in [0.2, 0.25) is 0 Å². The van der Waals surface area contributed by atoms with Crippen LogP contribution in [0.5, 0.6) is 0 Å². The largest absolute Gasteiger partial charge is 0.394 e. The zero-order chi connectivity index (χ0) is 17.4. The summed E-state index contributed by atoms with van der Waals surface area (Å²) in [5.41, 5.74) is 1.89. The number of rotatable bonds is 6. The minimum Gasteiger partial charge on any atom is -0.394 e. The fourth-order valence-electron chi connectivity index (χ4n) is 2.62. The Labute approximate surface area is 142 Å². The first kappa shape index (κ1) is 18.0. The number of nitrogens with one attached hydrogen (secondary N) is 1. The number of aliphatic hydroxyl groups is 2. The molecule has 1 fully saturated rings. The molecule has 24 heavy (non-hydrogen) atoms. The van der Waals surface area contributed by atoms with E-state index in [9.17, 15) is 9.90 Å². The summed E-state index contributed by atoms with van der Waals surface area (Å²) in [7, 11) is 0. The van der Waals surface area contributed by atoms with Crippen LogP contribution in [-0.2, 0) is 4.79 Å². The molecule has 1 aliphatic heterocycles. The summed E-state index contributed by atoms with van der Waals surface area (Å²) in [4.78, 5) is 14.2. The molecule has 1 aliphatic rings. The van der Waals surface area contributed by atoms with E-state index in [0.717, 1.165) is 24.3 Å². The van der Waals surface area contributed by atoms with Gasteiger partial charge in [0.25, 0.3) is 5.91 Å². The van der Waals surface area contributed by atoms with Crippen molar-refractivity contribution in [2.75, 3.05) is 31.1 Å². The summed E-state index contributed by atoms with van der Waals surface area (Å²) >= 11 is 0. The van der Waals surface area contributed by atoms with E-state index in [1.807, 2.05) is 30.3 Å². The summed E-state index contributed by atoms with van der Waals surface area (Å²) in [6.07, 6.45) is 4.18. The van der Waals surface area contributed by atoms with Gasteiger partial charge in [-0.1, -0.05) is 12.1 Å². The standard InChI is InChI=1S/C18H23N3O3/c19-11-15(18(24)20-12-17(23)13-22)10-14-4-6-16(7-5-14)21-8-2-1-3-9-21/h4-7,10,17,22-23H,1-3,8-9,12-13H2,(H,20,24). The van der Waals surface area contributed by atoms with E-state index in [-0.39, 0.29) is 12.1 Å². The first-order chi connectivity index (χ1) is 11.6. The minimum absolute atomic E-state index is 0.0362. The van der Waals surface area contributed by atoms with Crippen molar-refractivity contribution in [1.29, 1.82) is 5.26 Å². The van der Waals surface area contributed by atoms with E-state index in [2.05, 4.69) is 10.2 Å². The second-order valence-corrected chi connectivity index (χ2v) is 5.86. The number of nitrogens with zero attached hydrogens (tertiary/aromatic N) is 2. The fourth-order valence-corrected chi connectivity index (χ4v) is 2.62. The summed E-state index contributed by atoms with van der Waals surface area (Å²) in [6, 6.07) is 9.64. The van der Waals surface area contributed by atoms with E-state index in [1.165, 1.54) is 25.3 Å². The van der Waals surface area contributed by atoms with Crippen LogP contribution in [0.3, 0.4) is 0 Å². The second kappa shape index (κ2) is 9.06. The molecular weight excluding hydrogens is 306 g/mol. The number of aliphatic hydroxyl groups excluding tert-OH is 2. The van der Waals surface area contributed by atoms with Crippen molar-refractivity contribution in [1.82, 2.24) is 5.32 Å². The molecule has 1 saturated heterocycles. The Morgan fingerprint density at radius 3 is 2.54 bits per heavy atom. The van der Waals surface area contributed by atoms with Gasteiger partial charge in [-0.15, -0.1) is 0 Å². The Morgan fingerprint density at radius 1 is 1.29 bits per heavy atom. The number of benzene rings is 1. The van der Waals surface area contributed by atoms with Crippen LogP contribution >= 0.6 is 0 Å². The molecule has 0 aliphatic carbocycles. The first-order valence-electron chi connectivity index (χ1n) is 8.18. The van der Waals surface area contributed by atoms with E-state index >= 15 is 0 Å². The average molecular weight is 329 g/mol. The molecular formula is C18H23N3O3. The van der Waals surface area contributed by atoms with E-state index < -0.39 is 18.6 Å². The molecule has 0 spiro atoms. The zero-order valence-corrected chi connectivity index (χ0v) is 13.6.